The molecule has 1 amide bonds. The molecule has 5 rings (SSSR count). The molecule has 1 aliphatic rings. The van der Waals surface area contributed by atoms with Crippen LogP contribution in [0, 0.1) is 0 Å². The first-order valence-electron chi connectivity index (χ1n) is 11.5. The molecule has 1 atom stereocenters. The van der Waals surface area contributed by atoms with E-state index in [0.717, 1.165) is 29.5 Å². The van der Waals surface area contributed by atoms with Gasteiger partial charge in [-0.25, -0.2) is 4.98 Å². The van der Waals surface area contributed by atoms with Crippen molar-refractivity contribution in [2.45, 2.75) is 38.4 Å². The molecule has 0 saturated heterocycles. The summed E-state index contributed by atoms with van der Waals surface area (Å²) >= 11 is 0. The van der Waals surface area contributed by atoms with Crippen LogP contribution in [0.1, 0.15) is 52.1 Å². The number of hydrogen-bond acceptors (Lipinski definition) is 4. The monoisotopic (exact) mass is 492 g/mol. The maximum atomic E-state index is 13.4. The number of hydrogen-bond donors (Lipinski definition) is 2. The Balaban J connectivity index is 1.57. The summed E-state index contributed by atoms with van der Waals surface area (Å²) < 4.78 is 40.6. The van der Waals surface area contributed by atoms with Crippen LogP contribution >= 0.6 is 0 Å². The van der Waals surface area contributed by atoms with E-state index in [2.05, 4.69) is 10.3 Å². The number of aryl methyl sites for hydroxylation is 1. The summed E-state index contributed by atoms with van der Waals surface area (Å²) in [6, 6.07) is 14.4. The zero-order valence-corrected chi connectivity index (χ0v) is 19.4. The Kier molecular flexibility index (Phi) is 5.78. The summed E-state index contributed by atoms with van der Waals surface area (Å²) in [5, 5.41) is 3.66. The lowest BCUT2D eigenvalue weighted by atomic mass is 10.0. The maximum absolute atomic E-state index is 13.4. The van der Waals surface area contributed by atoms with Gasteiger partial charge in [0.1, 0.15) is 5.82 Å². The number of amides is 1. The maximum Gasteiger partial charge on any atom is 0.416 e. The van der Waals surface area contributed by atoms with E-state index in [1.54, 1.807) is 43.3 Å². The van der Waals surface area contributed by atoms with Gasteiger partial charge in [0, 0.05) is 22.2 Å². The second-order valence-corrected chi connectivity index (χ2v) is 8.91. The minimum Gasteiger partial charge on any atom is -0.384 e. The number of aromatic nitrogens is 2. The summed E-state index contributed by atoms with van der Waals surface area (Å²) in [4.78, 5) is 30.7. The Hall–Kier alpha value is -4.14. The normalized spacial score (nSPS) is 14.0. The van der Waals surface area contributed by atoms with Gasteiger partial charge in [-0.05, 0) is 86.3 Å². The van der Waals surface area contributed by atoms with E-state index in [0.29, 0.717) is 46.7 Å². The lowest BCUT2D eigenvalue weighted by Crippen LogP contribution is -2.27. The summed E-state index contributed by atoms with van der Waals surface area (Å²) in [7, 11) is 0. The van der Waals surface area contributed by atoms with Crippen molar-refractivity contribution >= 4 is 22.6 Å². The zero-order chi connectivity index (χ0) is 25.6. The molecule has 0 bridgehead atoms. The fourth-order valence-corrected chi connectivity index (χ4v) is 4.76. The van der Waals surface area contributed by atoms with Gasteiger partial charge in [0.25, 0.3) is 11.5 Å². The lowest BCUT2D eigenvalue weighted by molar-refractivity contribution is -0.137. The van der Waals surface area contributed by atoms with Gasteiger partial charge in [-0.15, -0.1) is 0 Å². The average molecular weight is 493 g/mol. The SMILES string of the molecule is C[C@H](NC(=O)c1ccc2c(c1)c1c(c(=O)n2-c2ccc(C(F)(F)F)cc2)CCC1)c1cccc(N)n1. The molecule has 6 nitrogen and oxygen atoms in total. The van der Waals surface area contributed by atoms with E-state index in [4.69, 9.17) is 5.73 Å². The van der Waals surface area contributed by atoms with Crippen LogP contribution < -0.4 is 16.6 Å². The molecule has 4 aromatic rings. The number of nitrogens with one attached hydrogen (secondary N) is 1. The second-order valence-electron chi connectivity index (χ2n) is 8.91. The Morgan fingerprint density at radius 1 is 1.06 bits per heavy atom. The van der Waals surface area contributed by atoms with Crippen molar-refractivity contribution in [1.29, 1.82) is 0 Å². The molecule has 2 aromatic carbocycles. The van der Waals surface area contributed by atoms with Crippen molar-refractivity contribution in [1.82, 2.24) is 14.9 Å². The zero-order valence-electron chi connectivity index (χ0n) is 19.4. The number of nitrogens with zero attached hydrogens (tertiary/aromatic N) is 2. The molecular formula is C27H23F3N4O2. The summed E-state index contributed by atoms with van der Waals surface area (Å²) in [6.07, 6.45) is -2.39. The van der Waals surface area contributed by atoms with E-state index in [1.807, 2.05) is 0 Å². The van der Waals surface area contributed by atoms with Crippen LogP contribution in [0.4, 0.5) is 19.0 Å². The van der Waals surface area contributed by atoms with Crippen molar-refractivity contribution in [2.24, 2.45) is 0 Å². The summed E-state index contributed by atoms with van der Waals surface area (Å²) in [6.45, 7) is 1.81. The van der Waals surface area contributed by atoms with Gasteiger partial charge in [-0.3, -0.25) is 14.2 Å². The molecule has 36 heavy (non-hydrogen) atoms. The van der Waals surface area contributed by atoms with Crippen LogP contribution in [0.2, 0.25) is 0 Å². The molecular weight excluding hydrogens is 469 g/mol. The van der Waals surface area contributed by atoms with Crippen molar-refractivity contribution in [3.05, 3.63) is 99.0 Å². The molecule has 1 aliphatic carbocycles. The van der Waals surface area contributed by atoms with Gasteiger partial charge < -0.3 is 11.1 Å². The van der Waals surface area contributed by atoms with E-state index >= 15 is 0 Å². The number of benzene rings is 2. The number of rotatable bonds is 4. The molecule has 0 aliphatic heterocycles. The van der Waals surface area contributed by atoms with Gasteiger partial charge in [0.05, 0.1) is 22.8 Å². The number of nitrogens with two attached hydrogens (primary N) is 1. The molecule has 0 radical (unpaired) electrons. The molecule has 2 aromatic heterocycles. The molecule has 0 unspecified atom stereocenters. The average Bonchev–Trinajstić information content (AvgIpc) is 3.34. The Morgan fingerprint density at radius 3 is 2.47 bits per heavy atom. The van der Waals surface area contributed by atoms with Crippen molar-refractivity contribution in [3.63, 3.8) is 0 Å². The van der Waals surface area contributed by atoms with Crippen LogP contribution in [0.15, 0.2) is 65.5 Å². The van der Waals surface area contributed by atoms with Crippen molar-refractivity contribution < 1.29 is 18.0 Å². The second kappa shape index (κ2) is 8.82. The molecule has 184 valence electrons. The fraction of sp³-hybridized carbons (Fsp3) is 0.222. The molecule has 0 saturated carbocycles. The largest absolute Gasteiger partial charge is 0.416 e. The first kappa shape index (κ1) is 23.6. The van der Waals surface area contributed by atoms with Gasteiger partial charge in [-0.1, -0.05) is 6.07 Å². The lowest BCUT2D eigenvalue weighted by Gasteiger charge is -2.17. The van der Waals surface area contributed by atoms with E-state index < -0.39 is 11.7 Å². The van der Waals surface area contributed by atoms with Gasteiger partial charge in [-0.2, -0.15) is 13.2 Å². The minimum atomic E-state index is -4.47. The van der Waals surface area contributed by atoms with Crippen LogP contribution in [0.3, 0.4) is 0 Å². The number of pyridine rings is 2. The van der Waals surface area contributed by atoms with Gasteiger partial charge in [0.15, 0.2) is 0 Å². The summed E-state index contributed by atoms with van der Waals surface area (Å²) in [5.74, 6) is 0.0451. The number of anilines is 1. The number of alkyl halides is 3. The number of carbonyl (C=O) groups excluding carboxylic acids is 1. The van der Waals surface area contributed by atoms with E-state index in [9.17, 15) is 22.8 Å². The molecule has 0 spiro atoms. The number of halogens is 3. The van der Waals surface area contributed by atoms with E-state index in [1.165, 1.54) is 16.7 Å². The number of fused-ring (bicyclic) bond motifs is 3. The Morgan fingerprint density at radius 2 is 1.78 bits per heavy atom. The highest BCUT2D eigenvalue weighted by molar-refractivity contribution is 5.99. The predicted molar refractivity (Wildman–Crippen MR) is 131 cm³/mol. The Labute approximate surface area is 204 Å². The van der Waals surface area contributed by atoms with Crippen molar-refractivity contribution in [2.75, 3.05) is 5.73 Å². The van der Waals surface area contributed by atoms with Crippen LogP contribution in [-0.2, 0) is 19.0 Å². The highest BCUT2D eigenvalue weighted by Crippen LogP contribution is 2.32. The van der Waals surface area contributed by atoms with Gasteiger partial charge >= 0.3 is 6.18 Å². The van der Waals surface area contributed by atoms with Crippen molar-refractivity contribution in [3.8, 4) is 5.69 Å². The third-order valence-electron chi connectivity index (χ3n) is 6.54. The smallest absolute Gasteiger partial charge is 0.384 e. The van der Waals surface area contributed by atoms with Crippen LogP contribution in [0.25, 0.3) is 16.6 Å². The minimum absolute atomic E-state index is 0.242. The molecule has 3 N–H and O–H groups in total. The predicted octanol–water partition coefficient (Wildman–Crippen LogP) is 4.97. The third kappa shape index (κ3) is 4.21. The molecule has 0 fully saturated rings. The topological polar surface area (TPSA) is 90.0 Å². The molecule has 2 heterocycles. The number of carbonyl (C=O) groups is 1. The highest BCUT2D eigenvalue weighted by Gasteiger charge is 2.30. The third-order valence-corrected chi connectivity index (χ3v) is 6.54. The standard InChI is InChI=1S/C27H23F3N4O2/c1-15(22-6-3-7-24(31)33-22)32-25(35)16-8-13-23-21(14-16)19-4-2-5-20(19)26(36)34(23)18-11-9-17(10-12-18)27(28,29)30/h3,6-15H,2,4-5H2,1H3,(H2,31,33)(H,32,35)/t15-/m0/s1. The highest BCUT2D eigenvalue weighted by atomic mass is 19.4. The van der Waals surface area contributed by atoms with E-state index in [-0.39, 0.29) is 17.5 Å². The quantitative estimate of drug-likeness (QED) is 0.421. The van der Waals surface area contributed by atoms with Gasteiger partial charge in [0.2, 0.25) is 0 Å². The Bertz CT molecular complexity index is 1540. The fourth-order valence-electron chi connectivity index (χ4n) is 4.76. The van der Waals surface area contributed by atoms with Crippen LogP contribution in [0.5, 0.6) is 0 Å². The summed E-state index contributed by atoms with van der Waals surface area (Å²) in [5.41, 5.74) is 8.16. The van der Waals surface area contributed by atoms with Crippen LogP contribution in [-0.4, -0.2) is 15.5 Å². The molecule has 9 heteroatoms. The first-order chi connectivity index (χ1) is 17.1. The number of nitrogen functional groups attached to an aromatic ring is 1. The first-order valence-corrected chi connectivity index (χ1v) is 11.5.